The van der Waals surface area contributed by atoms with Gasteiger partial charge in [-0.25, -0.2) is 4.98 Å². The molecule has 0 saturated carbocycles. The topological polar surface area (TPSA) is 122 Å². The minimum absolute atomic E-state index is 0.151. The van der Waals surface area contributed by atoms with E-state index in [4.69, 9.17) is 10.5 Å². The number of halogens is 3. The highest BCUT2D eigenvalue weighted by Crippen LogP contribution is 2.29. The van der Waals surface area contributed by atoms with Crippen LogP contribution in [0, 0.1) is 0 Å². The van der Waals surface area contributed by atoms with E-state index in [9.17, 15) is 22.8 Å². The number of likely N-dealkylation sites (tertiary alicyclic amines) is 1. The van der Waals surface area contributed by atoms with Crippen molar-refractivity contribution < 1.29 is 27.5 Å². The molecule has 2 amide bonds. The molecule has 0 spiro atoms. The Balaban J connectivity index is 1.25. The highest BCUT2D eigenvalue weighted by Gasteiger charge is 2.38. The Labute approximate surface area is 240 Å². The zero-order chi connectivity index (χ0) is 29.7. The van der Waals surface area contributed by atoms with Crippen LogP contribution in [0.2, 0.25) is 0 Å². The van der Waals surface area contributed by atoms with Crippen LogP contribution < -0.4 is 21.7 Å². The first kappa shape index (κ1) is 29.2. The number of fused-ring (bicyclic) bond motifs is 2. The number of hydrogen-bond donors (Lipinski definition) is 4. The summed E-state index contributed by atoms with van der Waals surface area (Å²) in [5.41, 5.74) is 7.33. The third kappa shape index (κ3) is 7.32. The van der Waals surface area contributed by atoms with Gasteiger partial charge in [0.25, 0.3) is 0 Å². The van der Waals surface area contributed by atoms with Crippen molar-refractivity contribution in [1.82, 2.24) is 15.2 Å². The molecule has 5 N–H and O–H groups in total. The summed E-state index contributed by atoms with van der Waals surface area (Å²) in [5.74, 6) is -0.784. The number of carbonyl (C=O) groups is 2. The first-order valence-electron chi connectivity index (χ1n) is 13.5. The van der Waals surface area contributed by atoms with Gasteiger partial charge in [0, 0.05) is 31.8 Å². The SMILES string of the molecule is Nc1ccccc1NC(=O)/C=C/c1ccc(C(NCCN2C[C@H]3C[C@@H]2CO3)C(=O)Nc2ccc(C(F)(F)F)nc2)cc1. The largest absolute Gasteiger partial charge is 0.433 e. The van der Waals surface area contributed by atoms with Gasteiger partial charge in [-0.1, -0.05) is 36.4 Å². The molecule has 0 radical (unpaired) electrons. The van der Waals surface area contributed by atoms with E-state index in [0.717, 1.165) is 37.3 Å². The molecule has 1 unspecified atom stereocenters. The Hall–Kier alpha value is -4.26. The lowest BCUT2D eigenvalue weighted by atomic mass is 10.0. The molecule has 3 atom stereocenters. The number of para-hydroxylation sites is 2. The molecule has 12 heteroatoms. The van der Waals surface area contributed by atoms with Gasteiger partial charge in [0.05, 0.1) is 36.0 Å². The van der Waals surface area contributed by atoms with Crippen molar-refractivity contribution in [1.29, 1.82) is 0 Å². The quantitative estimate of drug-likeness (QED) is 0.211. The zero-order valence-corrected chi connectivity index (χ0v) is 22.6. The highest BCUT2D eigenvalue weighted by atomic mass is 19.4. The second kappa shape index (κ2) is 12.7. The van der Waals surface area contributed by atoms with Gasteiger partial charge in [-0.2, -0.15) is 13.2 Å². The van der Waals surface area contributed by atoms with Crippen LogP contribution in [-0.4, -0.2) is 60.1 Å². The summed E-state index contributed by atoms with van der Waals surface area (Å²) in [6, 6.07) is 15.6. The molecular formula is C30H31F3N6O3. The molecule has 220 valence electrons. The summed E-state index contributed by atoms with van der Waals surface area (Å²) < 4.78 is 44.3. The van der Waals surface area contributed by atoms with Crippen LogP contribution in [0.3, 0.4) is 0 Å². The molecule has 2 bridgehead atoms. The van der Waals surface area contributed by atoms with E-state index in [-0.39, 0.29) is 17.7 Å². The molecule has 2 aliphatic heterocycles. The van der Waals surface area contributed by atoms with Crippen LogP contribution in [0.1, 0.15) is 29.3 Å². The predicted molar refractivity (Wildman–Crippen MR) is 153 cm³/mol. The number of aromatic nitrogens is 1. The maximum absolute atomic E-state index is 13.3. The van der Waals surface area contributed by atoms with E-state index in [1.807, 2.05) is 0 Å². The maximum Gasteiger partial charge on any atom is 0.433 e. The number of alkyl halides is 3. The standard InChI is InChI=1S/C30H31F3N6O3/c31-30(32,33)26-11-10-21(16-36-26)37-29(41)28(35-13-14-39-17-23-15-22(39)18-42-23)20-8-5-19(6-9-20)7-12-27(40)38-25-4-2-1-3-24(25)34/h1-12,16,22-23,28,35H,13-15,17-18,34H2,(H,37,41)(H,38,40)/b12-7+/t22-,23-,28?/m1/s1. The third-order valence-corrected chi connectivity index (χ3v) is 7.26. The van der Waals surface area contributed by atoms with Crippen molar-refractivity contribution in [2.75, 3.05) is 42.6 Å². The van der Waals surface area contributed by atoms with Gasteiger partial charge in [0.1, 0.15) is 11.7 Å². The highest BCUT2D eigenvalue weighted by molar-refractivity contribution is 6.03. The molecule has 2 saturated heterocycles. The molecule has 2 fully saturated rings. The van der Waals surface area contributed by atoms with Crippen molar-refractivity contribution in [3.63, 3.8) is 0 Å². The number of morpholine rings is 1. The summed E-state index contributed by atoms with van der Waals surface area (Å²) in [6.07, 6.45) is 0.707. The molecule has 2 aliphatic rings. The van der Waals surface area contributed by atoms with E-state index < -0.39 is 23.8 Å². The van der Waals surface area contributed by atoms with Gasteiger partial charge < -0.3 is 26.4 Å². The average Bonchev–Trinajstić information content (AvgIpc) is 3.59. The van der Waals surface area contributed by atoms with Crippen LogP contribution in [0.4, 0.5) is 30.2 Å². The Morgan fingerprint density at radius 3 is 2.52 bits per heavy atom. The number of hydrogen-bond acceptors (Lipinski definition) is 7. The summed E-state index contributed by atoms with van der Waals surface area (Å²) in [6.45, 7) is 2.79. The lowest BCUT2D eigenvalue weighted by molar-refractivity contribution is -0.141. The minimum Gasteiger partial charge on any atom is -0.397 e. The fourth-order valence-corrected chi connectivity index (χ4v) is 5.07. The predicted octanol–water partition coefficient (Wildman–Crippen LogP) is 4.08. The Bertz CT molecular complexity index is 1430. The van der Waals surface area contributed by atoms with Gasteiger partial charge in [0.2, 0.25) is 11.8 Å². The number of amides is 2. The molecule has 42 heavy (non-hydrogen) atoms. The molecule has 3 aromatic rings. The number of carbonyl (C=O) groups excluding carboxylic acids is 2. The fourth-order valence-electron chi connectivity index (χ4n) is 5.07. The first-order valence-corrected chi connectivity index (χ1v) is 13.5. The summed E-state index contributed by atoms with van der Waals surface area (Å²) in [5, 5.41) is 8.68. The van der Waals surface area contributed by atoms with E-state index in [0.29, 0.717) is 36.1 Å². The molecule has 2 aromatic carbocycles. The number of pyridine rings is 1. The Kier molecular flexibility index (Phi) is 8.86. The van der Waals surface area contributed by atoms with Crippen molar-refractivity contribution in [3.8, 4) is 0 Å². The van der Waals surface area contributed by atoms with E-state index >= 15 is 0 Å². The van der Waals surface area contributed by atoms with Crippen LogP contribution in [0.15, 0.2) is 72.9 Å². The lowest BCUT2D eigenvalue weighted by Crippen LogP contribution is -2.43. The average molecular weight is 581 g/mol. The number of nitrogens with one attached hydrogen (secondary N) is 3. The Morgan fingerprint density at radius 1 is 1.10 bits per heavy atom. The molecule has 5 rings (SSSR count). The monoisotopic (exact) mass is 580 g/mol. The molecule has 1 aromatic heterocycles. The van der Waals surface area contributed by atoms with Gasteiger partial charge in [-0.15, -0.1) is 0 Å². The second-order valence-corrected chi connectivity index (χ2v) is 10.2. The summed E-state index contributed by atoms with van der Waals surface area (Å²) in [7, 11) is 0. The zero-order valence-electron chi connectivity index (χ0n) is 22.6. The second-order valence-electron chi connectivity index (χ2n) is 10.2. The van der Waals surface area contributed by atoms with Gasteiger partial charge >= 0.3 is 6.18 Å². The molecule has 3 heterocycles. The van der Waals surface area contributed by atoms with Crippen molar-refractivity contribution in [2.24, 2.45) is 0 Å². The maximum atomic E-state index is 13.3. The lowest BCUT2D eigenvalue weighted by Gasteiger charge is -2.27. The minimum atomic E-state index is -4.57. The van der Waals surface area contributed by atoms with Crippen LogP contribution in [0.5, 0.6) is 0 Å². The number of nitrogen functional groups attached to an aromatic ring is 1. The first-order chi connectivity index (χ1) is 20.2. The number of benzene rings is 2. The number of ether oxygens (including phenoxy) is 1. The molecular weight excluding hydrogens is 549 g/mol. The number of anilines is 3. The van der Waals surface area contributed by atoms with Gasteiger partial charge in [-0.05, 0) is 47.9 Å². The van der Waals surface area contributed by atoms with Crippen molar-refractivity contribution in [2.45, 2.75) is 30.8 Å². The van der Waals surface area contributed by atoms with Crippen LogP contribution in [-0.2, 0) is 20.5 Å². The van der Waals surface area contributed by atoms with E-state index in [1.54, 1.807) is 54.6 Å². The Morgan fingerprint density at radius 2 is 1.88 bits per heavy atom. The fraction of sp³-hybridized carbons (Fsp3) is 0.300. The molecule has 0 aliphatic carbocycles. The van der Waals surface area contributed by atoms with Gasteiger partial charge in [-0.3, -0.25) is 14.5 Å². The van der Waals surface area contributed by atoms with Gasteiger partial charge in [0.15, 0.2) is 0 Å². The smallest absolute Gasteiger partial charge is 0.397 e. The van der Waals surface area contributed by atoms with Crippen LogP contribution >= 0.6 is 0 Å². The van der Waals surface area contributed by atoms with E-state index in [1.165, 1.54) is 12.1 Å². The van der Waals surface area contributed by atoms with Crippen molar-refractivity contribution in [3.05, 3.63) is 89.8 Å². The molecule has 9 nitrogen and oxygen atoms in total. The normalized spacial score (nSPS) is 19.2. The third-order valence-electron chi connectivity index (χ3n) is 7.26. The van der Waals surface area contributed by atoms with E-state index in [2.05, 4.69) is 25.8 Å². The number of nitrogens with two attached hydrogens (primary N) is 1. The van der Waals surface area contributed by atoms with Crippen LogP contribution in [0.25, 0.3) is 6.08 Å². The summed E-state index contributed by atoms with van der Waals surface area (Å²) >= 11 is 0. The summed E-state index contributed by atoms with van der Waals surface area (Å²) in [4.78, 5) is 31.4. The number of rotatable bonds is 10. The number of nitrogens with zero attached hydrogens (tertiary/aromatic N) is 2. The van der Waals surface area contributed by atoms with Crippen molar-refractivity contribution >= 4 is 35.0 Å².